The zero-order chi connectivity index (χ0) is 48.5. The minimum absolute atomic E-state index is 0.0484. The number of imidazole rings is 1. The van der Waals surface area contributed by atoms with Gasteiger partial charge in [-0.3, -0.25) is 37.8 Å². The highest BCUT2D eigenvalue weighted by atomic mass is 32.1. The highest BCUT2D eigenvalue weighted by Crippen LogP contribution is 2.45. The molecule has 366 valence electrons. The molecule has 0 radical (unpaired) electrons. The third-order valence-electron chi connectivity index (χ3n) is 10.2. The fourth-order valence-corrected chi connectivity index (χ4v) is 8.41. The molecule has 3 rings (SSSR count). The first-order chi connectivity index (χ1) is 30.4. The Morgan fingerprint density at radius 2 is 1.65 bits per heavy atom. The Bertz CT molecular complexity index is 1890. The highest BCUT2D eigenvalue weighted by molar-refractivity contribution is 7.47. The van der Waals surface area contributed by atoms with E-state index in [9.17, 15) is 43.3 Å². The number of carbonyl (C=O) groups excluding carboxylic acids is 6. The second-order valence-electron chi connectivity index (χ2n) is 17.9. The molecule has 65 heavy (non-hydrogen) atoms. The summed E-state index contributed by atoms with van der Waals surface area (Å²) < 4.78 is 34.6. The molecule has 0 aliphatic carbocycles. The number of hydrogen-bond acceptors (Lipinski definition) is 14. The smallest absolute Gasteiger partial charge is 0.394 e. The average Bonchev–Trinajstić information content (AvgIpc) is 4.01. The van der Waals surface area contributed by atoms with Crippen LogP contribution in [0.3, 0.4) is 0 Å². The standard InChI is InChI=1S/C42H69N8O13PS/c1-26(2)21-30(47-40(57)33-12-9-16-50(33)34(52)14-17-61-42(7,8)15-19-60-41(4,5)6)37(54)46-31(22-28-23-44-25-45-28)38(55)48-32(24-51)39(56)49-35(36(43)53)27(3)63-64(58,59)62-18-13-29-11-10-20-65-29/h10-11,20,23,25-27,30-33,35,51H,9,12-19,21-22,24H2,1-8H3,(H2,43,53)(H,44,45)(H,46,54)(H,47,57)(H,48,55)(H,49,56)(H,58,59). The van der Waals surface area contributed by atoms with Crippen molar-refractivity contribution in [1.29, 1.82) is 0 Å². The highest BCUT2D eigenvalue weighted by Gasteiger charge is 2.38. The van der Waals surface area contributed by atoms with Gasteiger partial charge in [0.25, 0.3) is 0 Å². The van der Waals surface area contributed by atoms with Crippen molar-refractivity contribution in [3.05, 3.63) is 40.6 Å². The lowest BCUT2D eigenvalue weighted by Gasteiger charge is -2.30. The summed E-state index contributed by atoms with van der Waals surface area (Å²) in [5, 5.41) is 22.1. The molecule has 1 aliphatic heterocycles. The summed E-state index contributed by atoms with van der Waals surface area (Å²) >= 11 is 1.42. The van der Waals surface area contributed by atoms with Crippen LogP contribution in [0.15, 0.2) is 30.0 Å². The van der Waals surface area contributed by atoms with Gasteiger partial charge in [-0.05, 0) is 84.6 Å². The number of thiophene rings is 1. The number of aromatic amines is 1. The van der Waals surface area contributed by atoms with E-state index in [1.165, 1.54) is 35.7 Å². The summed E-state index contributed by atoms with van der Waals surface area (Å²) in [5.74, 6) is -4.84. The van der Waals surface area contributed by atoms with Crippen molar-refractivity contribution >= 4 is 54.6 Å². The number of phosphoric ester groups is 1. The SMILES string of the molecule is CC(C)CC(NC(=O)C1CCCN1C(=O)CCOC(C)(C)CCOC(C)(C)C)C(=O)NC(Cc1cnc[nH]1)C(=O)NC(CO)C(=O)NC(C(N)=O)C(C)OP(=O)(O)OCCc1cccs1. The lowest BCUT2D eigenvalue weighted by atomic mass is 10.0. The summed E-state index contributed by atoms with van der Waals surface area (Å²) in [6.45, 7) is 14.5. The number of amides is 6. The molecule has 0 spiro atoms. The van der Waals surface area contributed by atoms with Crippen LogP contribution in [0.25, 0.3) is 0 Å². The Balaban J connectivity index is 1.66. The van der Waals surface area contributed by atoms with Gasteiger partial charge < -0.3 is 56.4 Å². The molecule has 0 bridgehead atoms. The number of aliphatic hydroxyl groups excluding tert-OH is 1. The van der Waals surface area contributed by atoms with Crippen LogP contribution in [0.2, 0.25) is 0 Å². The number of aromatic nitrogens is 2. The number of rotatable bonds is 28. The number of phosphoric acid groups is 1. The summed E-state index contributed by atoms with van der Waals surface area (Å²) in [6.07, 6.45) is 3.20. The number of aliphatic hydroxyl groups is 1. The molecular formula is C42H69N8O13PS. The van der Waals surface area contributed by atoms with Crippen LogP contribution in [-0.4, -0.2) is 141 Å². The molecule has 9 N–H and O–H groups in total. The van der Waals surface area contributed by atoms with Crippen LogP contribution < -0.4 is 27.0 Å². The third-order valence-corrected chi connectivity index (χ3v) is 12.3. The maximum Gasteiger partial charge on any atom is 0.472 e. The molecule has 2 aromatic heterocycles. The van der Waals surface area contributed by atoms with Crippen LogP contribution in [-0.2, 0) is 64.7 Å². The molecule has 7 unspecified atom stereocenters. The number of primary amides is 1. The molecule has 23 heteroatoms. The summed E-state index contributed by atoms with van der Waals surface area (Å²) in [5.41, 5.74) is 5.08. The van der Waals surface area contributed by atoms with Crippen molar-refractivity contribution < 1.29 is 61.9 Å². The Hall–Kier alpha value is -4.28. The molecule has 3 heterocycles. The third kappa shape index (κ3) is 19.6. The van der Waals surface area contributed by atoms with Gasteiger partial charge in [-0.1, -0.05) is 19.9 Å². The number of ether oxygens (including phenoxy) is 2. The van der Waals surface area contributed by atoms with Crippen molar-refractivity contribution in [3.8, 4) is 0 Å². The van der Waals surface area contributed by atoms with Crippen LogP contribution >= 0.6 is 19.2 Å². The van der Waals surface area contributed by atoms with E-state index >= 15 is 0 Å². The number of hydrogen-bond donors (Lipinski definition) is 8. The van der Waals surface area contributed by atoms with Gasteiger partial charge in [-0.25, -0.2) is 9.55 Å². The number of carbonyl (C=O) groups is 6. The van der Waals surface area contributed by atoms with E-state index < -0.39 is 85.9 Å². The molecular weight excluding hydrogens is 888 g/mol. The van der Waals surface area contributed by atoms with E-state index in [0.29, 0.717) is 44.5 Å². The Morgan fingerprint density at radius 1 is 0.969 bits per heavy atom. The van der Waals surface area contributed by atoms with Gasteiger partial charge in [0.2, 0.25) is 35.4 Å². The quantitative estimate of drug-likeness (QED) is 0.0563. The average molecular weight is 957 g/mol. The number of H-pyrrole nitrogens is 1. The lowest BCUT2D eigenvalue weighted by molar-refractivity contribution is -0.141. The fraction of sp³-hybridized carbons (Fsp3) is 0.690. The molecule has 2 aromatic rings. The summed E-state index contributed by atoms with van der Waals surface area (Å²) in [7, 11) is -4.74. The molecule has 1 aliphatic rings. The van der Waals surface area contributed by atoms with Crippen LogP contribution in [0, 0.1) is 5.92 Å². The molecule has 21 nitrogen and oxygen atoms in total. The topological polar surface area (TPSA) is 303 Å². The number of likely N-dealkylation sites (tertiary alicyclic amines) is 1. The monoisotopic (exact) mass is 956 g/mol. The fourth-order valence-electron chi connectivity index (χ4n) is 6.80. The van der Waals surface area contributed by atoms with Crippen molar-refractivity contribution in [1.82, 2.24) is 36.1 Å². The maximum absolute atomic E-state index is 14.0. The van der Waals surface area contributed by atoms with Gasteiger partial charge in [-0.2, -0.15) is 0 Å². The van der Waals surface area contributed by atoms with E-state index in [2.05, 4.69) is 31.2 Å². The van der Waals surface area contributed by atoms with Gasteiger partial charge in [0, 0.05) is 42.8 Å². The number of nitrogens with two attached hydrogens (primary N) is 1. The van der Waals surface area contributed by atoms with E-state index in [1.807, 2.05) is 66.0 Å². The molecule has 1 fully saturated rings. The molecule has 0 saturated carbocycles. The van der Waals surface area contributed by atoms with Gasteiger partial charge in [0.05, 0.1) is 49.9 Å². The van der Waals surface area contributed by atoms with Crippen molar-refractivity contribution in [3.63, 3.8) is 0 Å². The summed E-state index contributed by atoms with van der Waals surface area (Å²) in [4.78, 5) is 100. The predicted molar refractivity (Wildman–Crippen MR) is 240 cm³/mol. The van der Waals surface area contributed by atoms with E-state index in [1.54, 1.807) is 0 Å². The zero-order valence-electron chi connectivity index (χ0n) is 38.6. The van der Waals surface area contributed by atoms with Gasteiger partial charge in [0.1, 0.15) is 30.2 Å². The van der Waals surface area contributed by atoms with Crippen molar-refractivity contribution in [2.24, 2.45) is 11.7 Å². The lowest BCUT2D eigenvalue weighted by Crippen LogP contribution is -2.61. The minimum atomic E-state index is -4.74. The van der Waals surface area contributed by atoms with Crippen LogP contribution in [0.4, 0.5) is 0 Å². The predicted octanol–water partition coefficient (Wildman–Crippen LogP) is 1.62. The molecule has 0 aromatic carbocycles. The largest absolute Gasteiger partial charge is 0.472 e. The van der Waals surface area contributed by atoms with E-state index in [0.717, 1.165) is 4.88 Å². The first kappa shape index (κ1) is 55.1. The van der Waals surface area contributed by atoms with Gasteiger partial charge in [-0.15, -0.1) is 11.3 Å². The Labute approximate surface area is 384 Å². The molecule has 1 saturated heterocycles. The van der Waals surface area contributed by atoms with Gasteiger partial charge in [0.15, 0.2) is 0 Å². The van der Waals surface area contributed by atoms with Crippen LogP contribution in [0.5, 0.6) is 0 Å². The molecule has 7 atom stereocenters. The Kier molecular flexibility index (Phi) is 21.7. The van der Waals surface area contributed by atoms with Crippen molar-refractivity contribution in [2.75, 3.05) is 33.0 Å². The number of nitrogens with one attached hydrogen (secondary N) is 5. The molecule has 6 amide bonds. The zero-order valence-corrected chi connectivity index (χ0v) is 40.3. The normalized spacial score (nSPS) is 17.6. The summed E-state index contributed by atoms with van der Waals surface area (Å²) in [6, 6.07) is -3.18. The van der Waals surface area contributed by atoms with Crippen LogP contribution in [0.1, 0.15) is 98.1 Å². The van der Waals surface area contributed by atoms with Crippen molar-refractivity contribution in [2.45, 2.75) is 148 Å². The minimum Gasteiger partial charge on any atom is -0.394 e. The van der Waals surface area contributed by atoms with Gasteiger partial charge >= 0.3 is 7.82 Å². The first-order valence-electron chi connectivity index (χ1n) is 21.7. The number of nitrogens with zero attached hydrogens (tertiary/aromatic N) is 2. The second-order valence-corrected chi connectivity index (χ2v) is 20.4. The van der Waals surface area contributed by atoms with E-state index in [-0.39, 0.29) is 49.9 Å². The van der Waals surface area contributed by atoms with E-state index in [4.69, 9.17) is 24.3 Å². The first-order valence-corrected chi connectivity index (χ1v) is 24.1. The maximum atomic E-state index is 14.0. The Morgan fingerprint density at radius 3 is 2.25 bits per heavy atom. The second kappa shape index (κ2) is 25.6.